The van der Waals surface area contributed by atoms with Gasteiger partial charge in [-0.3, -0.25) is 4.79 Å². The summed E-state index contributed by atoms with van der Waals surface area (Å²) in [5, 5.41) is 16.3. The number of carboxylic acid groups (broad SMARTS) is 1. The van der Waals surface area contributed by atoms with Crippen LogP contribution in [-0.4, -0.2) is 47.8 Å². The van der Waals surface area contributed by atoms with Crippen molar-refractivity contribution in [1.82, 2.24) is 15.5 Å². The second kappa shape index (κ2) is 10.8. The maximum absolute atomic E-state index is 12.7. The molecule has 0 unspecified atom stereocenters. The monoisotopic (exact) mass is 547 g/mol. The highest BCUT2D eigenvalue weighted by atomic mass is 32.2. The van der Waals surface area contributed by atoms with E-state index in [0.717, 1.165) is 11.8 Å². The Labute approximate surface area is 226 Å². The third-order valence-electron chi connectivity index (χ3n) is 6.22. The third kappa shape index (κ3) is 6.77. The van der Waals surface area contributed by atoms with Gasteiger partial charge in [0.1, 0.15) is 6.04 Å². The zero-order valence-electron chi connectivity index (χ0n) is 22.0. The third-order valence-corrected chi connectivity index (χ3v) is 7.35. The molecule has 0 aliphatic carbocycles. The molecule has 39 heavy (non-hydrogen) atoms. The van der Waals surface area contributed by atoms with Gasteiger partial charge in [-0.2, -0.15) is 4.98 Å². The standard InChI is InChI=1S/C29H29N3O6S/c1-29(2,3)22-13-9-20(10-14-22)26(33)30-24(28(34)35)17-18-5-7-19(8-6-18)25-31-27(38-32-25)21-11-15-23(16-12-21)39(4,36)37/h5-16,24H,17H2,1-4H3,(H,30,33)(H,34,35)/t24-/m0/s1. The van der Waals surface area contributed by atoms with Crippen molar-refractivity contribution in [3.05, 3.63) is 89.5 Å². The topological polar surface area (TPSA) is 139 Å². The Hall–Kier alpha value is -4.31. The smallest absolute Gasteiger partial charge is 0.326 e. The molecule has 2 N–H and O–H groups in total. The summed E-state index contributed by atoms with van der Waals surface area (Å²) in [7, 11) is -3.31. The molecular weight excluding hydrogens is 518 g/mol. The molecule has 0 aliphatic heterocycles. The molecule has 0 aliphatic rings. The van der Waals surface area contributed by atoms with Crippen molar-refractivity contribution in [2.75, 3.05) is 6.26 Å². The van der Waals surface area contributed by atoms with E-state index in [0.29, 0.717) is 28.1 Å². The first-order chi connectivity index (χ1) is 18.3. The predicted molar refractivity (Wildman–Crippen MR) is 146 cm³/mol. The van der Waals surface area contributed by atoms with Gasteiger partial charge >= 0.3 is 5.97 Å². The Morgan fingerprint density at radius 1 is 0.923 bits per heavy atom. The molecule has 3 aromatic carbocycles. The van der Waals surface area contributed by atoms with Gasteiger partial charge in [0.05, 0.1) is 4.90 Å². The summed E-state index contributed by atoms with van der Waals surface area (Å²) in [6, 6.07) is 19.1. The van der Waals surface area contributed by atoms with Gasteiger partial charge in [-0.25, -0.2) is 13.2 Å². The fraction of sp³-hybridized carbons (Fsp3) is 0.241. The second-order valence-electron chi connectivity index (χ2n) is 10.3. The average molecular weight is 548 g/mol. The van der Waals surface area contributed by atoms with Crippen LogP contribution in [0.4, 0.5) is 0 Å². The molecule has 1 heterocycles. The lowest BCUT2D eigenvalue weighted by atomic mass is 9.86. The van der Waals surface area contributed by atoms with Crippen LogP contribution >= 0.6 is 0 Å². The minimum Gasteiger partial charge on any atom is -0.480 e. The number of aliphatic carboxylic acids is 1. The number of nitrogens with zero attached hydrogens (tertiary/aromatic N) is 2. The van der Waals surface area contributed by atoms with Gasteiger partial charge in [0.15, 0.2) is 9.84 Å². The lowest BCUT2D eigenvalue weighted by Gasteiger charge is -2.19. The number of benzene rings is 3. The number of carbonyl (C=O) groups is 2. The Balaban J connectivity index is 1.43. The van der Waals surface area contributed by atoms with Gasteiger partial charge in [0, 0.05) is 29.4 Å². The van der Waals surface area contributed by atoms with Crippen LogP contribution in [0.3, 0.4) is 0 Å². The Morgan fingerprint density at radius 3 is 2.05 bits per heavy atom. The highest BCUT2D eigenvalue weighted by Gasteiger charge is 2.22. The maximum atomic E-state index is 12.7. The number of amides is 1. The van der Waals surface area contributed by atoms with E-state index in [1.807, 2.05) is 12.1 Å². The number of hydrogen-bond acceptors (Lipinski definition) is 7. The first kappa shape index (κ1) is 27.7. The van der Waals surface area contributed by atoms with E-state index in [2.05, 4.69) is 36.2 Å². The van der Waals surface area contributed by atoms with Gasteiger partial charge in [-0.1, -0.05) is 62.3 Å². The number of carboxylic acids is 1. The molecule has 0 spiro atoms. The summed E-state index contributed by atoms with van der Waals surface area (Å²) in [6.07, 6.45) is 1.22. The van der Waals surface area contributed by atoms with Crippen LogP contribution in [0.25, 0.3) is 22.8 Å². The highest BCUT2D eigenvalue weighted by Crippen LogP contribution is 2.25. The van der Waals surface area contributed by atoms with Crippen molar-refractivity contribution in [2.24, 2.45) is 0 Å². The van der Waals surface area contributed by atoms with Crippen molar-refractivity contribution in [2.45, 2.75) is 43.5 Å². The molecule has 0 saturated heterocycles. The van der Waals surface area contributed by atoms with Crippen LogP contribution in [0, 0.1) is 0 Å². The number of nitrogens with one attached hydrogen (secondary N) is 1. The minimum absolute atomic E-state index is 0.0561. The van der Waals surface area contributed by atoms with Crippen LogP contribution in [-0.2, 0) is 26.5 Å². The average Bonchev–Trinajstić information content (AvgIpc) is 3.38. The number of carbonyl (C=O) groups excluding carboxylic acids is 1. The van der Waals surface area contributed by atoms with Crippen LogP contribution < -0.4 is 5.32 Å². The number of hydrogen-bond donors (Lipinski definition) is 2. The Kier molecular flexibility index (Phi) is 7.69. The van der Waals surface area contributed by atoms with Gasteiger partial charge in [0.2, 0.25) is 5.82 Å². The fourth-order valence-corrected chi connectivity index (χ4v) is 4.52. The molecule has 4 aromatic rings. The molecule has 0 bridgehead atoms. The van der Waals surface area contributed by atoms with Gasteiger partial charge < -0.3 is 14.9 Å². The van der Waals surface area contributed by atoms with Crippen molar-refractivity contribution in [3.63, 3.8) is 0 Å². The summed E-state index contributed by atoms with van der Waals surface area (Å²) in [5.41, 5.74) is 3.34. The van der Waals surface area contributed by atoms with Crippen LogP contribution in [0.15, 0.2) is 82.2 Å². The molecule has 0 radical (unpaired) electrons. The summed E-state index contributed by atoms with van der Waals surface area (Å²) >= 11 is 0. The van der Waals surface area contributed by atoms with Crippen molar-refractivity contribution < 1.29 is 27.6 Å². The van der Waals surface area contributed by atoms with Crippen molar-refractivity contribution >= 4 is 21.7 Å². The van der Waals surface area contributed by atoms with E-state index in [9.17, 15) is 23.1 Å². The van der Waals surface area contributed by atoms with E-state index in [1.54, 1.807) is 48.5 Å². The Morgan fingerprint density at radius 2 is 1.51 bits per heavy atom. The first-order valence-corrected chi connectivity index (χ1v) is 14.1. The molecule has 202 valence electrons. The predicted octanol–water partition coefficient (Wildman–Crippen LogP) is 4.53. The molecule has 10 heteroatoms. The van der Waals surface area contributed by atoms with Gasteiger partial charge in [0.25, 0.3) is 11.8 Å². The molecule has 9 nitrogen and oxygen atoms in total. The summed E-state index contributed by atoms with van der Waals surface area (Å²) in [6.45, 7) is 6.23. The van der Waals surface area contributed by atoms with E-state index < -0.39 is 27.8 Å². The SMILES string of the molecule is CC(C)(C)c1ccc(C(=O)N[C@@H](Cc2ccc(-c3noc(-c4ccc(S(C)(=O)=O)cc4)n3)cc2)C(=O)O)cc1. The van der Waals surface area contributed by atoms with E-state index >= 15 is 0 Å². The number of rotatable bonds is 8. The number of aromatic nitrogens is 2. The molecule has 1 amide bonds. The molecule has 1 atom stereocenters. The first-order valence-electron chi connectivity index (χ1n) is 12.2. The fourth-order valence-electron chi connectivity index (χ4n) is 3.89. The zero-order valence-corrected chi connectivity index (χ0v) is 22.8. The van der Waals surface area contributed by atoms with Crippen molar-refractivity contribution in [1.29, 1.82) is 0 Å². The lowest BCUT2D eigenvalue weighted by molar-refractivity contribution is -0.139. The summed E-state index contributed by atoms with van der Waals surface area (Å²) < 4.78 is 28.6. The largest absolute Gasteiger partial charge is 0.480 e. The minimum atomic E-state index is -3.31. The molecule has 1 aromatic heterocycles. The quantitative estimate of drug-likeness (QED) is 0.328. The van der Waals surface area contributed by atoms with Crippen LogP contribution in [0.2, 0.25) is 0 Å². The van der Waals surface area contributed by atoms with E-state index in [-0.39, 0.29) is 22.6 Å². The van der Waals surface area contributed by atoms with Crippen molar-refractivity contribution in [3.8, 4) is 22.8 Å². The van der Waals surface area contributed by atoms with Gasteiger partial charge in [-0.05, 0) is 52.9 Å². The molecule has 0 fully saturated rings. The summed E-state index contributed by atoms with van der Waals surface area (Å²) in [5.74, 6) is -1.03. The van der Waals surface area contributed by atoms with Gasteiger partial charge in [-0.15, -0.1) is 0 Å². The second-order valence-corrected chi connectivity index (χ2v) is 12.3. The molecular formula is C29H29N3O6S. The Bertz CT molecular complexity index is 1580. The normalized spacial score (nSPS) is 12.6. The van der Waals surface area contributed by atoms with Crippen LogP contribution in [0.5, 0.6) is 0 Å². The zero-order chi connectivity index (χ0) is 28.4. The van der Waals surface area contributed by atoms with E-state index in [1.165, 1.54) is 12.1 Å². The highest BCUT2D eigenvalue weighted by molar-refractivity contribution is 7.90. The lowest BCUT2D eigenvalue weighted by Crippen LogP contribution is -2.42. The van der Waals surface area contributed by atoms with E-state index in [4.69, 9.17) is 4.52 Å². The molecule has 4 rings (SSSR count). The maximum Gasteiger partial charge on any atom is 0.326 e. The number of sulfone groups is 1. The van der Waals surface area contributed by atoms with Crippen LogP contribution in [0.1, 0.15) is 42.3 Å². The molecule has 0 saturated carbocycles. The summed E-state index contributed by atoms with van der Waals surface area (Å²) in [4.78, 5) is 29.2.